The van der Waals surface area contributed by atoms with Crippen molar-refractivity contribution in [1.29, 1.82) is 0 Å². The number of carboxylic acids is 1. The van der Waals surface area contributed by atoms with Crippen LogP contribution in [0.2, 0.25) is 0 Å². The van der Waals surface area contributed by atoms with Gasteiger partial charge in [-0.1, -0.05) is 6.07 Å². The van der Waals surface area contributed by atoms with Gasteiger partial charge in [0.1, 0.15) is 11.9 Å². The summed E-state index contributed by atoms with van der Waals surface area (Å²) in [7, 11) is 0. The number of carbonyl (C=O) groups excluding carboxylic acids is 1. The van der Waals surface area contributed by atoms with Crippen molar-refractivity contribution < 1.29 is 19.1 Å². The zero-order valence-electron chi connectivity index (χ0n) is 10.9. The van der Waals surface area contributed by atoms with Gasteiger partial charge in [0.15, 0.2) is 0 Å². The summed E-state index contributed by atoms with van der Waals surface area (Å²) in [5, 5.41) is 9.06. The van der Waals surface area contributed by atoms with Crippen molar-refractivity contribution in [3.8, 4) is 0 Å². The Balaban J connectivity index is 2.28. The van der Waals surface area contributed by atoms with Gasteiger partial charge in [0.2, 0.25) is 0 Å². The zero-order chi connectivity index (χ0) is 14.2. The summed E-state index contributed by atoms with van der Waals surface area (Å²) in [6.45, 7) is 3.09. The molecule has 1 aromatic carbocycles. The van der Waals surface area contributed by atoms with Gasteiger partial charge in [-0.2, -0.15) is 0 Å². The van der Waals surface area contributed by atoms with Gasteiger partial charge in [-0.15, -0.1) is 0 Å². The first-order valence-corrected chi connectivity index (χ1v) is 6.23. The van der Waals surface area contributed by atoms with E-state index in [-0.39, 0.29) is 11.6 Å². The first kappa shape index (κ1) is 13.5. The van der Waals surface area contributed by atoms with Crippen molar-refractivity contribution in [1.82, 2.24) is 4.90 Å². The van der Waals surface area contributed by atoms with Gasteiger partial charge in [-0.05, 0) is 44.4 Å². The molecule has 1 fully saturated rings. The second-order valence-electron chi connectivity index (χ2n) is 4.92. The fourth-order valence-electron chi connectivity index (χ4n) is 2.00. The van der Waals surface area contributed by atoms with Crippen LogP contribution in [0.15, 0.2) is 18.2 Å². The Bertz CT molecular complexity index is 525. The van der Waals surface area contributed by atoms with Gasteiger partial charge < -0.3 is 10.0 Å². The molecule has 1 aliphatic carbocycles. The average Bonchev–Trinajstić information content (AvgIpc) is 3.17. The van der Waals surface area contributed by atoms with Gasteiger partial charge >= 0.3 is 5.97 Å². The molecule has 0 aromatic heterocycles. The Labute approximate surface area is 110 Å². The van der Waals surface area contributed by atoms with Gasteiger partial charge in [-0.25, -0.2) is 9.18 Å². The van der Waals surface area contributed by atoms with E-state index in [1.165, 1.54) is 30.0 Å². The molecule has 4 nitrogen and oxygen atoms in total. The van der Waals surface area contributed by atoms with Crippen molar-refractivity contribution in [3.05, 3.63) is 35.1 Å². The molecule has 1 N–H and O–H groups in total. The van der Waals surface area contributed by atoms with E-state index in [4.69, 9.17) is 5.11 Å². The van der Waals surface area contributed by atoms with Crippen LogP contribution < -0.4 is 0 Å². The molecular weight excluding hydrogens is 249 g/mol. The highest BCUT2D eigenvalue weighted by Gasteiger charge is 2.38. The lowest BCUT2D eigenvalue weighted by Crippen LogP contribution is -2.44. The van der Waals surface area contributed by atoms with E-state index in [2.05, 4.69) is 0 Å². The molecule has 0 radical (unpaired) electrons. The Morgan fingerprint density at radius 1 is 1.42 bits per heavy atom. The molecular formula is C14H16FNO3. The van der Waals surface area contributed by atoms with E-state index in [1.54, 1.807) is 6.92 Å². The largest absolute Gasteiger partial charge is 0.480 e. The number of halogens is 1. The van der Waals surface area contributed by atoms with Crippen LogP contribution in [0.4, 0.5) is 4.39 Å². The highest BCUT2D eigenvalue weighted by atomic mass is 19.1. The molecule has 1 aromatic rings. The fraction of sp³-hybridized carbons (Fsp3) is 0.429. The summed E-state index contributed by atoms with van der Waals surface area (Å²) in [5.41, 5.74) is 0.656. The van der Waals surface area contributed by atoms with Crippen LogP contribution in [0.25, 0.3) is 0 Å². The fourth-order valence-corrected chi connectivity index (χ4v) is 2.00. The maximum atomic E-state index is 13.5. The van der Waals surface area contributed by atoms with E-state index < -0.39 is 23.7 Å². The molecule has 0 heterocycles. The maximum Gasteiger partial charge on any atom is 0.326 e. The third kappa shape index (κ3) is 2.75. The van der Waals surface area contributed by atoms with Crippen LogP contribution >= 0.6 is 0 Å². The van der Waals surface area contributed by atoms with Crippen LogP contribution in [0.1, 0.15) is 35.7 Å². The SMILES string of the molecule is Cc1ccc(C(=O)N(C2CC2)C(C)C(=O)O)cc1F. The number of amides is 1. The Morgan fingerprint density at radius 2 is 2.05 bits per heavy atom. The number of aliphatic carboxylic acids is 1. The van der Waals surface area contributed by atoms with Gasteiger partial charge in [0, 0.05) is 11.6 Å². The molecule has 1 atom stereocenters. The summed E-state index contributed by atoms with van der Waals surface area (Å²) < 4.78 is 13.5. The van der Waals surface area contributed by atoms with Crippen molar-refractivity contribution >= 4 is 11.9 Å². The first-order chi connectivity index (χ1) is 8.91. The highest BCUT2D eigenvalue weighted by Crippen LogP contribution is 2.30. The van der Waals surface area contributed by atoms with E-state index in [0.29, 0.717) is 5.56 Å². The Morgan fingerprint density at radius 3 is 2.53 bits per heavy atom. The van der Waals surface area contributed by atoms with E-state index in [0.717, 1.165) is 12.8 Å². The molecule has 1 amide bonds. The van der Waals surface area contributed by atoms with Gasteiger partial charge in [0.05, 0.1) is 0 Å². The van der Waals surface area contributed by atoms with Crippen LogP contribution in [0, 0.1) is 12.7 Å². The number of carboxylic acid groups (broad SMARTS) is 1. The molecule has 5 heteroatoms. The number of hydrogen-bond donors (Lipinski definition) is 1. The van der Waals surface area contributed by atoms with Crippen molar-refractivity contribution in [3.63, 3.8) is 0 Å². The molecule has 1 aliphatic rings. The topological polar surface area (TPSA) is 57.6 Å². The van der Waals surface area contributed by atoms with Crippen LogP contribution in [-0.4, -0.2) is 34.0 Å². The number of benzene rings is 1. The van der Waals surface area contributed by atoms with E-state index in [1.807, 2.05) is 0 Å². The second kappa shape index (κ2) is 4.99. The van der Waals surface area contributed by atoms with Gasteiger partial charge in [0.25, 0.3) is 5.91 Å². The first-order valence-electron chi connectivity index (χ1n) is 6.23. The molecule has 0 saturated heterocycles. The molecule has 1 unspecified atom stereocenters. The summed E-state index contributed by atoms with van der Waals surface area (Å²) in [4.78, 5) is 24.7. The maximum absolute atomic E-state index is 13.5. The summed E-state index contributed by atoms with van der Waals surface area (Å²) in [6, 6.07) is 3.29. The van der Waals surface area contributed by atoms with Gasteiger partial charge in [-0.3, -0.25) is 4.79 Å². The summed E-state index contributed by atoms with van der Waals surface area (Å²) in [5.74, 6) is -1.92. The summed E-state index contributed by atoms with van der Waals surface area (Å²) >= 11 is 0. The number of aryl methyl sites for hydroxylation is 1. The van der Waals surface area contributed by atoms with Crippen molar-refractivity contribution in [2.45, 2.75) is 38.8 Å². The minimum atomic E-state index is -1.05. The zero-order valence-corrected chi connectivity index (χ0v) is 10.9. The molecule has 0 bridgehead atoms. The normalized spacial score (nSPS) is 15.9. The van der Waals surface area contributed by atoms with E-state index in [9.17, 15) is 14.0 Å². The average molecular weight is 265 g/mol. The molecule has 0 aliphatic heterocycles. The minimum Gasteiger partial charge on any atom is -0.480 e. The molecule has 1 saturated carbocycles. The lowest BCUT2D eigenvalue weighted by Gasteiger charge is -2.26. The molecule has 2 rings (SSSR count). The Kier molecular flexibility index (Phi) is 3.55. The highest BCUT2D eigenvalue weighted by molar-refractivity contribution is 5.97. The molecule has 102 valence electrons. The number of carbonyl (C=O) groups is 2. The lowest BCUT2D eigenvalue weighted by molar-refractivity contribution is -0.141. The monoisotopic (exact) mass is 265 g/mol. The minimum absolute atomic E-state index is 0.0389. The number of rotatable bonds is 4. The predicted molar refractivity (Wildman–Crippen MR) is 67.4 cm³/mol. The lowest BCUT2D eigenvalue weighted by atomic mass is 10.1. The van der Waals surface area contributed by atoms with Crippen molar-refractivity contribution in [2.75, 3.05) is 0 Å². The number of nitrogens with zero attached hydrogens (tertiary/aromatic N) is 1. The van der Waals surface area contributed by atoms with E-state index >= 15 is 0 Å². The third-order valence-electron chi connectivity index (χ3n) is 3.37. The van der Waals surface area contributed by atoms with Crippen LogP contribution in [0.5, 0.6) is 0 Å². The molecule has 0 spiro atoms. The smallest absolute Gasteiger partial charge is 0.326 e. The second-order valence-corrected chi connectivity index (χ2v) is 4.92. The predicted octanol–water partition coefficient (Wildman–Crippen LogP) is 2.21. The molecule has 19 heavy (non-hydrogen) atoms. The summed E-state index contributed by atoms with van der Waals surface area (Å²) in [6.07, 6.45) is 1.61. The van der Waals surface area contributed by atoms with Crippen LogP contribution in [-0.2, 0) is 4.79 Å². The Hall–Kier alpha value is -1.91. The van der Waals surface area contributed by atoms with Crippen LogP contribution in [0.3, 0.4) is 0 Å². The standard InChI is InChI=1S/C14H16FNO3/c1-8-3-4-10(7-12(8)15)13(17)16(11-5-6-11)9(2)14(18)19/h3-4,7,9,11H,5-6H2,1-2H3,(H,18,19). The third-order valence-corrected chi connectivity index (χ3v) is 3.37. The number of hydrogen-bond acceptors (Lipinski definition) is 2. The quantitative estimate of drug-likeness (QED) is 0.908. The van der Waals surface area contributed by atoms with Crippen molar-refractivity contribution in [2.24, 2.45) is 0 Å².